The summed E-state index contributed by atoms with van der Waals surface area (Å²) in [5.41, 5.74) is 1.67. The first-order valence-electron chi connectivity index (χ1n) is 15.6. The predicted octanol–water partition coefficient (Wildman–Crippen LogP) is 4.07. The second-order valence-electron chi connectivity index (χ2n) is 12.0. The number of carbonyl (C=O) groups excluding carboxylic acids is 3. The number of rotatable bonds is 10. The fourth-order valence-electron chi connectivity index (χ4n) is 6.29. The highest BCUT2D eigenvalue weighted by Crippen LogP contribution is 2.30. The molecule has 0 saturated carbocycles. The van der Waals surface area contributed by atoms with Crippen molar-refractivity contribution in [1.29, 1.82) is 0 Å². The second kappa shape index (κ2) is 14.9. The molecule has 4 aromatic rings. The molecule has 2 aromatic carbocycles. The highest BCUT2D eigenvalue weighted by molar-refractivity contribution is 6.33. The summed E-state index contributed by atoms with van der Waals surface area (Å²) in [6, 6.07) is 11.9. The van der Waals surface area contributed by atoms with Crippen molar-refractivity contribution in [1.82, 2.24) is 40.0 Å². The molecule has 2 aromatic heterocycles. The van der Waals surface area contributed by atoms with Crippen LogP contribution in [0.25, 0.3) is 0 Å². The average molecular weight is 700 g/mol. The minimum atomic E-state index is -0.631. The van der Waals surface area contributed by atoms with Gasteiger partial charge in [0.15, 0.2) is 11.4 Å². The van der Waals surface area contributed by atoms with Crippen LogP contribution < -0.4 is 0 Å². The van der Waals surface area contributed by atoms with Crippen LogP contribution in [0.4, 0.5) is 8.78 Å². The number of Topliss-reactive ketones (excluding diaryl/α,β-unsaturated/α-hetero) is 1. The van der Waals surface area contributed by atoms with Crippen molar-refractivity contribution in [2.45, 2.75) is 11.8 Å². The molecule has 6 rings (SSSR count). The lowest BCUT2D eigenvalue weighted by Crippen LogP contribution is -2.51. The number of aromatic amines is 2. The van der Waals surface area contributed by atoms with Gasteiger partial charge in [0.1, 0.15) is 17.4 Å². The standard InChI is InChI=1S/C33H34Cl2F2N8O3/c34-27-17-38-40-29(27)32(47)44-13-9-42(10-14-44)19-25(21-1-5-23(36)6-2-21)31(46)26(22-3-7-24(37)8-4-22)20-43-11-15-45(16-12-43)33(48)30-28(35)18-39-41-30/h1-8,17-18,25-26H,9-16,19-20H2,(H,38,40)(H,39,41). The smallest absolute Gasteiger partial charge is 0.275 e. The normalized spacial score (nSPS) is 17.3. The van der Waals surface area contributed by atoms with Crippen LogP contribution >= 0.6 is 23.2 Å². The Morgan fingerprint density at radius 1 is 0.625 bits per heavy atom. The van der Waals surface area contributed by atoms with Gasteiger partial charge >= 0.3 is 0 Å². The van der Waals surface area contributed by atoms with Gasteiger partial charge in [0.25, 0.3) is 11.8 Å². The monoisotopic (exact) mass is 698 g/mol. The zero-order valence-electron chi connectivity index (χ0n) is 25.9. The Morgan fingerprint density at radius 2 is 0.979 bits per heavy atom. The van der Waals surface area contributed by atoms with E-state index in [1.165, 1.54) is 36.7 Å². The third-order valence-corrected chi connectivity index (χ3v) is 9.60. The molecule has 2 atom stereocenters. The summed E-state index contributed by atoms with van der Waals surface area (Å²) in [5.74, 6) is -2.70. The molecule has 2 aliphatic rings. The van der Waals surface area contributed by atoms with Crippen LogP contribution in [0.3, 0.4) is 0 Å². The van der Waals surface area contributed by atoms with Gasteiger partial charge in [0.05, 0.1) is 21.9 Å². The molecule has 0 radical (unpaired) electrons. The lowest BCUT2D eigenvalue weighted by Gasteiger charge is -2.38. The molecule has 2 unspecified atom stereocenters. The van der Waals surface area contributed by atoms with Gasteiger partial charge in [-0.15, -0.1) is 0 Å². The first-order valence-corrected chi connectivity index (χ1v) is 16.4. The largest absolute Gasteiger partial charge is 0.335 e. The van der Waals surface area contributed by atoms with E-state index in [2.05, 4.69) is 30.2 Å². The zero-order chi connectivity index (χ0) is 33.8. The maximum Gasteiger partial charge on any atom is 0.275 e. The Labute approximate surface area is 285 Å². The molecule has 48 heavy (non-hydrogen) atoms. The van der Waals surface area contributed by atoms with Crippen molar-refractivity contribution in [2.75, 3.05) is 65.4 Å². The van der Waals surface area contributed by atoms with Gasteiger partial charge in [0.2, 0.25) is 0 Å². The fraction of sp³-hybridized carbons (Fsp3) is 0.364. The Bertz CT molecular complexity index is 1610. The van der Waals surface area contributed by atoms with E-state index in [4.69, 9.17) is 23.2 Å². The van der Waals surface area contributed by atoms with Crippen molar-refractivity contribution in [3.63, 3.8) is 0 Å². The number of piperazine rings is 2. The molecule has 2 N–H and O–H groups in total. The predicted molar refractivity (Wildman–Crippen MR) is 175 cm³/mol. The van der Waals surface area contributed by atoms with Crippen LogP contribution in [0, 0.1) is 11.6 Å². The number of benzene rings is 2. The van der Waals surface area contributed by atoms with Crippen LogP contribution in [0.5, 0.6) is 0 Å². The molecular formula is C33H34Cl2F2N8O3. The van der Waals surface area contributed by atoms with Gasteiger partial charge in [0, 0.05) is 77.8 Å². The number of halogens is 4. The minimum absolute atomic E-state index is 0.0863. The highest BCUT2D eigenvalue weighted by atomic mass is 35.5. The highest BCUT2D eigenvalue weighted by Gasteiger charge is 2.35. The lowest BCUT2D eigenvalue weighted by molar-refractivity contribution is -0.123. The summed E-state index contributed by atoms with van der Waals surface area (Å²) in [7, 11) is 0. The molecular weight excluding hydrogens is 665 g/mol. The Balaban J connectivity index is 1.19. The lowest BCUT2D eigenvalue weighted by atomic mass is 9.82. The number of ketones is 1. The first kappa shape index (κ1) is 33.7. The number of hydrogen-bond donors (Lipinski definition) is 2. The van der Waals surface area contributed by atoms with E-state index < -0.39 is 23.5 Å². The molecule has 252 valence electrons. The number of H-pyrrole nitrogens is 2. The molecule has 2 saturated heterocycles. The topological polar surface area (TPSA) is 122 Å². The summed E-state index contributed by atoms with van der Waals surface area (Å²) < 4.78 is 28.0. The molecule has 0 bridgehead atoms. The maximum absolute atomic E-state index is 14.7. The van der Waals surface area contributed by atoms with Crippen LogP contribution in [0.1, 0.15) is 43.9 Å². The van der Waals surface area contributed by atoms with E-state index >= 15 is 0 Å². The summed E-state index contributed by atoms with van der Waals surface area (Å²) in [5, 5.41) is 13.6. The van der Waals surface area contributed by atoms with E-state index in [9.17, 15) is 23.2 Å². The molecule has 15 heteroatoms. The quantitative estimate of drug-likeness (QED) is 0.256. The summed E-state index contributed by atoms with van der Waals surface area (Å²) in [6.07, 6.45) is 2.91. The van der Waals surface area contributed by atoms with Gasteiger partial charge in [-0.1, -0.05) is 47.5 Å². The Kier molecular flexibility index (Phi) is 10.5. The third kappa shape index (κ3) is 7.59. The number of nitrogens with zero attached hydrogens (tertiary/aromatic N) is 6. The van der Waals surface area contributed by atoms with Crippen LogP contribution in [0.15, 0.2) is 60.9 Å². The molecule has 4 heterocycles. The van der Waals surface area contributed by atoms with E-state index in [1.54, 1.807) is 34.1 Å². The molecule has 2 amide bonds. The van der Waals surface area contributed by atoms with Crippen molar-refractivity contribution in [3.05, 3.63) is 105 Å². The average Bonchev–Trinajstić information content (AvgIpc) is 3.74. The summed E-state index contributed by atoms with van der Waals surface area (Å²) in [6.45, 7) is 4.40. The number of aromatic nitrogens is 4. The fourth-order valence-corrected chi connectivity index (χ4v) is 6.63. The second-order valence-corrected chi connectivity index (χ2v) is 12.8. The molecule has 2 fully saturated rings. The number of amides is 2. The first-order chi connectivity index (χ1) is 23.2. The Hall–Kier alpha value is -4.17. The Morgan fingerprint density at radius 3 is 1.29 bits per heavy atom. The van der Waals surface area contributed by atoms with E-state index in [-0.39, 0.29) is 39.0 Å². The number of nitrogens with one attached hydrogen (secondary N) is 2. The van der Waals surface area contributed by atoms with Crippen LogP contribution in [-0.2, 0) is 4.79 Å². The molecule has 0 spiro atoms. The SMILES string of the molecule is O=C(C(CN1CCN(C(=O)c2n[nH]cc2Cl)CC1)c1ccc(F)cc1)C(CN1CCN(C(=O)c2n[nH]cc2Cl)CC1)c1ccc(F)cc1. The zero-order valence-corrected chi connectivity index (χ0v) is 27.4. The van der Waals surface area contributed by atoms with E-state index in [0.29, 0.717) is 76.6 Å². The summed E-state index contributed by atoms with van der Waals surface area (Å²) in [4.78, 5) is 48.2. The van der Waals surface area contributed by atoms with Gasteiger partial charge in [-0.2, -0.15) is 10.2 Å². The third-order valence-electron chi connectivity index (χ3n) is 9.03. The molecule has 2 aliphatic heterocycles. The van der Waals surface area contributed by atoms with Crippen molar-refractivity contribution >= 4 is 40.8 Å². The number of hydrogen-bond acceptors (Lipinski definition) is 7. The minimum Gasteiger partial charge on any atom is -0.335 e. The van der Waals surface area contributed by atoms with Gasteiger partial charge in [-0.3, -0.25) is 34.4 Å². The van der Waals surface area contributed by atoms with Crippen LogP contribution in [-0.4, -0.2) is 123 Å². The van der Waals surface area contributed by atoms with Crippen LogP contribution in [0.2, 0.25) is 10.0 Å². The molecule has 11 nitrogen and oxygen atoms in total. The van der Waals surface area contributed by atoms with Crippen molar-refractivity contribution < 1.29 is 23.2 Å². The maximum atomic E-state index is 14.7. The van der Waals surface area contributed by atoms with Gasteiger partial charge in [-0.25, -0.2) is 8.78 Å². The van der Waals surface area contributed by atoms with Gasteiger partial charge < -0.3 is 9.80 Å². The van der Waals surface area contributed by atoms with E-state index in [1.807, 2.05) is 0 Å². The van der Waals surface area contributed by atoms with Crippen molar-refractivity contribution in [3.8, 4) is 0 Å². The van der Waals surface area contributed by atoms with E-state index in [0.717, 1.165) is 0 Å². The van der Waals surface area contributed by atoms with Crippen molar-refractivity contribution in [2.24, 2.45) is 0 Å². The van der Waals surface area contributed by atoms with Gasteiger partial charge in [-0.05, 0) is 35.4 Å². The number of carbonyl (C=O) groups is 3. The molecule has 0 aliphatic carbocycles. The summed E-state index contributed by atoms with van der Waals surface area (Å²) >= 11 is 12.2.